The molecular weight excluding hydrogens is 269 g/mol. The van der Waals surface area contributed by atoms with E-state index < -0.39 is 21.8 Å². The van der Waals surface area contributed by atoms with Crippen LogP contribution in [0.25, 0.3) is 0 Å². The SMILES string of the molecule is CCN(CC(C)C#N)S(=O)(=O)c1ccc(F)cc1N. The number of halogens is 1. The second-order valence-electron chi connectivity index (χ2n) is 4.17. The molecule has 1 rings (SSSR count). The number of nitrogens with two attached hydrogens (primary N) is 1. The average Bonchev–Trinajstić information content (AvgIpc) is 2.34. The second kappa shape index (κ2) is 5.99. The summed E-state index contributed by atoms with van der Waals surface area (Å²) in [5.74, 6) is -1.03. The maximum Gasteiger partial charge on any atom is 0.245 e. The number of hydrogen-bond acceptors (Lipinski definition) is 4. The second-order valence-corrected chi connectivity index (χ2v) is 6.07. The highest BCUT2D eigenvalue weighted by molar-refractivity contribution is 7.89. The van der Waals surface area contributed by atoms with Crippen molar-refractivity contribution in [1.29, 1.82) is 5.26 Å². The van der Waals surface area contributed by atoms with Gasteiger partial charge >= 0.3 is 0 Å². The van der Waals surface area contributed by atoms with Gasteiger partial charge in [-0.05, 0) is 25.1 Å². The molecule has 0 radical (unpaired) electrons. The number of anilines is 1. The zero-order valence-corrected chi connectivity index (χ0v) is 11.6. The van der Waals surface area contributed by atoms with E-state index in [1.165, 1.54) is 0 Å². The average molecular weight is 285 g/mol. The van der Waals surface area contributed by atoms with Crippen molar-refractivity contribution in [1.82, 2.24) is 4.31 Å². The predicted molar refractivity (Wildman–Crippen MR) is 70.0 cm³/mol. The molecule has 1 aromatic rings. The van der Waals surface area contributed by atoms with E-state index in [4.69, 9.17) is 11.0 Å². The molecule has 2 N–H and O–H groups in total. The van der Waals surface area contributed by atoms with Gasteiger partial charge in [-0.2, -0.15) is 9.57 Å². The number of rotatable bonds is 5. The predicted octanol–water partition coefficient (Wildman–Crippen LogP) is 1.58. The van der Waals surface area contributed by atoms with Crippen LogP contribution in [-0.4, -0.2) is 25.8 Å². The third-order valence-corrected chi connectivity index (χ3v) is 4.65. The van der Waals surface area contributed by atoms with Gasteiger partial charge in [-0.3, -0.25) is 0 Å². The lowest BCUT2D eigenvalue weighted by molar-refractivity contribution is 0.400. The molecule has 0 amide bonds. The molecule has 1 atom stereocenters. The lowest BCUT2D eigenvalue weighted by Crippen LogP contribution is -2.34. The van der Waals surface area contributed by atoms with Crippen LogP contribution in [0.5, 0.6) is 0 Å². The summed E-state index contributed by atoms with van der Waals surface area (Å²) in [7, 11) is -3.81. The zero-order chi connectivity index (χ0) is 14.6. The molecule has 19 heavy (non-hydrogen) atoms. The summed E-state index contributed by atoms with van der Waals surface area (Å²) in [4.78, 5) is -0.138. The summed E-state index contributed by atoms with van der Waals surface area (Å²) in [6.07, 6.45) is 0. The Morgan fingerprint density at radius 2 is 2.16 bits per heavy atom. The van der Waals surface area contributed by atoms with Crippen molar-refractivity contribution in [3.05, 3.63) is 24.0 Å². The first-order chi connectivity index (χ1) is 8.82. The first kappa shape index (κ1) is 15.4. The molecule has 0 saturated carbocycles. The largest absolute Gasteiger partial charge is 0.398 e. The Labute approximate surface area is 112 Å². The molecule has 1 unspecified atom stereocenters. The molecule has 0 fully saturated rings. The molecule has 1 aromatic carbocycles. The molecule has 0 aliphatic heterocycles. The van der Waals surface area contributed by atoms with Gasteiger partial charge < -0.3 is 5.73 Å². The van der Waals surface area contributed by atoms with E-state index in [1.807, 2.05) is 6.07 Å². The number of nitrogen functional groups attached to an aromatic ring is 1. The normalized spacial score (nSPS) is 13.2. The van der Waals surface area contributed by atoms with Crippen LogP contribution in [0, 0.1) is 23.1 Å². The maximum atomic E-state index is 13.0. The fraction of sp³-hybridized carbons (Fsp3) is 0.417. The Balaban J connectivity index is 3.18. The first-order valence-corrected chi connectivity index (χ1v) is 7.21. The van der Waals surface area contributed by atoms with E-state index in [2.05, 4.69) is 0 Å². The lowest BCUT2D eigenvalue weighted by Gasteiger charge is -2.22. The molecular formula is C12H16FN3O2S. The maximum absolute atomic E-state index is 13.0. The number of hydrogen-bond donors (Lipinski definition) is 1. The van der Waals surface area contributed by atoms with Crippen molar-refractivity contribution < 1.29 is 12.8 Å². The van der Waals surface area contributed by atoms with Gasteiger partial charge in [0.2, 0.25) is 10.0 Å². The van der Waals surface area contributed by atoms with Crippen molar-refractivity contribution >= 4 is 15.7 Å². The molecule has 0 heterocycles. The standard InChI is InChI=1S/C12H16FN3O2S/c1-3-16(8-9(2)7-14)19(17,18)12-5-4-10(13)6-11(12)15/h4-6,9H,3,8,15H2,1-2H3. The summed E-state index contributed by atoms with van der Waals surface area (Å²) >= 11 is 0. The summed E-state index contributed by atoms with van der Waals surface area (Å²) in [5, 5.41) is 8.76. The molecule has 0 spiro atoms. The van der Waals surface area contributed by atoms with Crippen molar-refractivity contribution in [2.24, 2.45) is 5.92 Å². The van der Waals surface area contributed by atoms with Crippen molar-refractivity contribution in [3.8, 4) is 6.07 Å². The van der Waals surface area contributed by atoms with E-state index in [0.29, 0.717) is 0 Å². The highest BCUT2D eigenvalue weighted by atomic mass is 32.2. The molecule has 0 saturated heterocycles. The molecule has 0 bridgehead atoms. The van der Waals surface area contributed by atoms with E-state index in [1.54, 1.807) is 13.8 Å². The fourth-order valence-electron chi connectivity index (χ4n) is 1.64. The Bertz CT molecular complexity index is 595. The number of nitriles is 1. The smallest absolute Gasteiger partial charge is 0.245 e. The fourth-order valence-corrected chi connectivity index (χ4v) is 3.27. The van der Waals surface area contributed by atoms with Crippen LogP contribution in [0.15, 0.2) is 23.1 Å². The summed E-state index contributed by atoms with van der Waals surface area (Å²) < 4.78 is 38.8. The third kappa shape index (κ3) is 3.43. The molecule has 0 aromatic heterocycles. The van der Waals surface area contributed by atoms with Gasteiger partial charge in [0.1, 0.15) is 10.7 Å². The van der Waals surface area contributed by atoms with E-state index in [-0.39, 0.29) is 23.7 Å². The van der Waals surface area contributed by atoms with Crippen LogP contribution < -0.4 is 5.73 Å². The monoisotopic (exact) mass is 285 g/mol. The molecule has 0 aliphatic carbocycles. The summed E-state index contributed by atoms with van der Waals surface area (Å²) in [5.41, 5.74) is 5.42. The van der Waals surface area contributed by atoms with Crippen LogP contribution >= 0.6 is 0 Å². The third-order valence-electron chi connectivity index (χ3n) is 2.64. The first-order valence-electron chi connectivity index (χ1n) is 5.77. The number of sulfonamides is 1. The number of nitrogens with zero attached hydrogens (tertiary/aromatic N) is 2. The van der Waals surface area contributed by atoms with Crippen molar-refractivity contribution in [2.75, 3.05) is 18.8 Å². The van der Waals surface area contributed by atoms with Crippen molar-refractivity contribution in [2.45, 2.75) is 18.7 Å². The van der Waals surface area contributed by atoms with Crippen LogP contribution in [-0.2, 0) is 10.0 Å². The van der Waals surface area contributed by atoms with Gasteiger partial charge in [0, 0.05) is 13.1 Å². The molecule has 5 nitrogen and oxygen atoms in total. The molecule has 104 valence electrons. The minimum absolute atomic E-state index is 0.0755. The van der Waals surface area contributed by atoms with Gasteiger partial charge in [-0.15, -0.1) is 0 Å². The quantitative estimate of drug-likeness (QED) is 0.832. The van der Waals surface area contributed by atoms with Gasteiger partial charge in [-0.25, -0.2) is 12.8 Å². The Kier molecular flexibility index (Phi) is 4.86. The van der Waals surface area contributed by atoms with Crippen LogP contribution in [0.2, 0.25) is 0 Å². The summed E-state index contributed by atoms with van der Waals surface area (Å²) in [6, 6.07) is 5.13. The Morgan fingerprint density at radius 3 is 2.63 bits per heavy atom. The van der Waals surface area contributed by atoms with E-state index in [0.717, 1.165) is 22.5 Å². The lowest BCUT2D eigenvalue weighted by atomic mass is 10.2. The number of benzene rings is 1. The van der Waals surface area contributed by atoms with Gasteiger partial charge in [0.15, 0.2) is 0 Å². The summed E-state index contributed by atoms with van der Waals surface area (Å²) in [6.45, 7) is 3.59. The van der Waals surface area contributed by atoms with Gasteiger partial charge in [0.25, 0.3) is 0 Å². The highest BCUT2D eigenvalue weighted by Crippen LogP contribution is 2.23. The van der Waals surface area contributed by atoms with Crippen LogP contribution in [0.1, 0.15) is 13.8 Å². The molecule has 0 aliphatic rings. The Morgan fingerprint density at radius 1 is 1.53 bits per heavy atom. The zero-order valence-electron chi connectivity index (χ0n) is 10.8. The molecule has 7 heteroatoms. The Hall–Kier alpha value is -1.65. The van der Waals surface area contributed by atoms with Crippen molar-refractivity contribution in [3.63, 3.8) is 0 Å². The van der Waals surface area contributed by atoms with E-state index in [9.17, 15) is 12.8 Å². The minimum atomic E-state index is -3.81. The van der Waals surface area contributed by atoms with Crippen LogP contribution in [0.4, 0.5) is 10.1 Å². The topological polar surface area (TPSA) is 87.2 Å². The highest BCUT2D eigenvalue weighted by Gasteiger charge is 2.26. The van der Waals surface area contributed by atoms with Crippen LogP contribution in [0.3, 0.4) is 0 Å². The van der Waals surface area contributed by atoms with Gasteiger partial charge in [-0.1, -0.05) is 6.92 Å². The minimum Gasteiger partial charge on any atom is -0.398 e. The van der Waals surface area contributed by atoms with Gasteiger partial charge in [0.05, 0.1) is 17.7 Å². The van der Waals surface area contributed by atoms with E-state index >= 15 is 0 Å².